The molecular weight excluding hydrogens is 264 g/mol. The second kappa shape index (κ2) is 5.17. The van der Waals surface area contributed by atoms with Crippen LogP contribution >= 0.6 is 0 Å². The predicted molar refractivity (Wildman–Crippen MR) is 83.3 cm³/mol. The number of carbonyl (C=O) groups is 2. The van der Waals surface area contributed by atoms with Gasteiger partial charge in [0.15, 0.2) is 0 Å². The minimum Gasteiger partial charge on any atom is -0.326 e. The number of hydrogen-bond donors (Lipinski definition) is 2. The number of amides is 2. The van der Waals surface area contributed by atoms with Crippen LogP contribution in [0.25, 0.3) is 0 Å². The molecule has 0 aromatic heterocycles. The highest BCUT2D eigenvalue weighted by Gasteiger charge is 2.47. The Bertz CT molecular complexity index is 586. The fourth-order valence-corrected chi connectivity index (χ4v) is 3.43. The number of hydrogen-bond acceptors (Lipinski definition) is 2. The fraction of sp³-hybridized carbons (Fsp3) is 0.529. The predicted octanol–water partition coefficient (Wildman–Crippen LogP) is 3.44. The molecular formula is C17H22N2O2. The molecule has 112 valence electrons. The summed E-state index contributed by atoms with van der Waals surface area (Å²) in [5, 5.41) is 5.94. The molecule has 1 aromatic rings. The zero-order valence-corrected chi connectivity index (χ0v) is 12.7. The van der Waals surface area contributed by atoms with Gasteiger partial charge in [-0.1, -0.05) is 33.1 Å². The highest BCUT2D eigenvalue weighted by Crippen LogP contribution is 2.48. The molecule has 1 spiro atoms. The number of nitrogens with one attached hydrogen (secondary N) is 2. The highest BCUT2D eigenvalue weighted by molar-refractivity contribution is 6.07. The first-order valence-electron chi connectivity index (χ1n) is 7.80. The van der Waals surface area contributed by atoms with Crippen LogP contribution in [0, 0.1) is 5.92 Å². The molecule has 4 heteroatoms. The third-order valence-electron chi connectivity index (χ3n) is 4.72. The molecule has 0 atom stereocenters. The van der Waals surface area contributed by atoms with Gasteiger partial charge >= 0.3 is 0 Å². The van der Waals surface area contributed by atoms with Crippen LogP contribution in [0.5, 0.6) is 0 Å². The van der Waals surface area contributed by atoms with Gasteiger partial charge in [-0.3, -0.25) is 9.59 Å². The van der Waals surface area contributed by atoms with Crippen molar-refractivity contribution >= 4 is 23.2 Å². The summed E-state index contributed by atoms with van der Waals surface area (Å²) in [7, 11) is 0. The van der Waals surface area contributed by atoms with E-state index in [9.17, 15) is 9.59 Å². The van der Waals surface area contributed by atoms with Crippen LogP contribution < -0.4 is 10.6 Å². The standard InChI is InChI=1S/C17H22N2O2/c1-11(2)15(20)18-12-6-7-14-13(10-12)17(16(21)19-14)8-4-3-5-9-17/h6-7,10-11H,3-5,8-9H2,1-2H3,(H,18,20)(H,19,21). The molecule has 4 nitrogen and oxygen atoms in total. The number of fused-ring (bicyclic) bond motifs is 2. The van der Waals surface area contributed by atoms with Crippen molar-refractivity contribution < 1.29 is 9.59 Å². The summed E-state index contributed by atoms with van der Waals surface area (Å²) in [6.45, 7) is 3.74. The first kappa shape index (κ1) is 14.1. The Kier molecular flexibility index (Phi) is 3.47. The van der Waals surface area contributed by atoms with Crippen molar-refractivity contribution in [3.8, 4) is 0 Å². The quantitative estimate of drug-likeness (QED) is 0.875. The van der Waals surface area contributed by atoms with Gasteiger partial charge in [-0.2, -0.15) is 0 Å². The third kappa shape index (κ3) is 2.33. The molecule has 2 aliphatic rings. The van der Waals surface area contributed by atoms with E-state index in [0.29, 0.717) is 0 Å². The summed E-state index contributed by atoms with van der Waals surface area (Å²) in [5.74, 6) is 0.0797. The number of anilines is 2. The first-order valence-corrected chi connectivity index (χ1v) is 7.80. The number of benzene rings is 1. The van der Waals surface area contributed by atoms with Gasteiger partial charge < -0.3 is 10.6 Å². The lowest BCUT2D eigenvalue weighted by molar-refractivity contribution is -0.122. The fourth-order valence-electron chi connectivity index (χ4n) is 3.43. The first-order chi connectivity index (χ1) is 10.0. The lowest BCUT2D eigenvalue weighted by Gasteiger charge is -2.31. The maximum atomic E-state index is 12.5. The molecule has 1 aliphatic heterocycles. The highest BCUT2D eigenvalue weighted by atomic mass is 16.2. The largest absolute Gasteiger partial charge is 0.326 e. The summed E-state index contributed by atoms with van der Waals surface area (Å²) in [4.78, 5) is 24.3. The smallest absolute Gasteiger partial charge is 0.235 e. The summed E-state index contributed by atoms with van der Waals surface area (Å²) >= 11 is 0. The average Bonchev–Trinajstić information content (AvgIpc) is 2.73. The van der Waals surface area contributed by atoms with E-state index in [2.05, 4.69) is 10.6 Å². The van der Waals surface area contributed by atoms with Gasteiger partial charge in [0.1, 0.15) is 0 Å². The molecule has 1 fully saturated rings. The summed E-state index contributed by atoms with van der Waals surface area (Å²) in [6.07, 6.45) is 5.21. The van der Waals surface area contributed by atoms with E-state index in [0.717, 1.165) is 42.6 Å². The molecule has 0 unspecified atom stereocenters. The van der Waals surface area contributed by atoms with Gasteiger partial charge in [-0.05, 0) is 36.6 Å². The second-order valence-corrected chi connectivity index (χ2v) is 6.50. The second-order valence-electron chi connectivity index (χ2n) is 6.50. The molecule has 1 heterocycles. The molecule has 1 aliphatic carbocycles. The van der Waals surface area contributed by atoms with Crippen LogP contribution in [0.2, 0.25) is 0 Å². The Balaban J connectivity index is 1.94. The number of rotatable bonds is 2. The monoisotopic (exact) mass is 286 g/mol. The van der Waals surface area contributed by atoms with E-state index in [-0.39, 0.29) is 23.1 Å². The zero-order chi connectivity index (χ0) is 15.0. The Morgan fingerprint density at radius 1 is 1.24 bits per heavy atom. The molecule has 1 aromatic carbocycles. The Hall–Kier alpha value is -1.84. The minimum absolute atomic E-state index is 0.00456. The van der Waals surface area contributed by atoms with E-state index in [1.807, 2.05) is 32.0 Å². The van der Waals surface area contributed by atoms with Gasteiger partial charge in [0.25, 0.3) is 0 Å². The van der Waals surface area contributed by atoms with E-state index in [1.54, 1.807) is 0 Å². The van der Waals surface area contributed by atoms with Crippen LogP contribution in [0.3, 0.4) is 0 Å². The van der Waals surface area contributed by atoms with Gasteiger partial charge in [0, 0.05) is 17.3 Å². The lowest BCUT2D eigenvalue weighted by atomic mass is 9.70. The Labute approximate surface area is 125 Å². The van der Waals surface area contributed by atoms with Gasteiger partial charge in [0.2, 0.25) is 11.8 Å². The summed E-state index contributed by atoms with van der Waals surface area (Å²) in [6, 6.07) is 5.76. The van der Waals surface area contributed by atoms with E-state index < -0.39 is 0 Å². The molecule has 2 N–H and O–H groups in total. The van der Waals surface area contributed by atoms with Crippen LogP contribution in [-0.2, 0) is 15.0 Å². The molecule has 1 saturated carbocycles. The van der Waals surface area contributed by atoms with Crippen molar-refractivity contribution in [1.82, 2.24) is 0 Å². The Morgan fingerprint density at radius 2 is 1.95 bits per heavy atom. The van der Waals surface area contributed by atoms with Gasteiger partial charge in [0.05, 0.1) is 5.41 Å². The van der Waals surface area contributed by atoms with Crippen molar-refractivity contribution in [3.63, 3.8) is 0 Å². The van der Waals surface area contributed by atoms with Crippen molar-refractivity contribution in [3.05, 3.63) is 23.8 Å². The molecule has 0 bridgehead atoms. The van der Waals surface area contributed by atoms with Crippen molar-refractivity contribution in [2.24, 2.45) is 5.92 Å². The maximum Gasteiger partial charge on any atom is 0.235 e. The minimum atomic E-state index is -0.369. The summed E-state index contributed by atoms with van der Waals surface area (Å²) in [5.41, 5.74) is 2.39. The average molecular weight is 286 g/mol. The molecule has 3 rings (SSSR count). The topological polar surface area (TPSA) is 58.2 Å². The summed E-state index contributed by atoms with van der Waals surface area (Å²) < 4.78 is 0. The van der Waals surface area contributed by atoms with Crippen LogP contribution in [0.1, 0.15) is 51.5 Å². The van der Waals surface area contributed by atoms with Crippen molar-refractivity contribution in [2.45, 2.75) is 51.4 Å². The van der Waals surface area contributed by atoms with Crippen LogP contribution in [0.15, 0.2) is 18.2 Å². The van der Waals surface area contributed by atoms with Crippen LogP contribution in [0.4, 0.5) is 11.4 Å². The molecule has 0 radical (unpaired) electrons. The van der Waals surface area contributed by atoms with Crippen molar-refractivity contribution in [2.75, 3.05) is 10.6 Å². The van der Waals surface area contributed by atoms with E-state index in [1.165, 1.54) is 6.42 Å². The zero-order valence-electron chi connectivity index (χ0n) is 12.7. The normalized spacial score (nSPS) is 19.5. The van der Waals surface area contributed by atoms with Gasteiger partial charge in [-0.25, -0.2) is 0 Å². The van der Waals surface area contributed by atoms with Crippen molar-refractivity contribution in [1.29, 1.82) is 0 Å². The van der Waals surface area contributed by atoms with E-state index >= 15 is 0 Å². The maximum absolute atomic E-state index is 12.5. The van der Waals surface area contributed by atoms with Crippen LogP contribution in [-0.4, -0.2) is 11.8 Å². The van der Waals surface area contributed by atoms with Gasteiger partial charge in [-0.15, -0.1) is 0 Å². The molecule has 2 amide bonds. The third-order valence-corrected chi connectivity index (χ3v) is 4.72. The lowest BCUT2D eigenvalue weighted by Crippen LogP contribution is -2.36. The number of carbonyl (C=O) groups excluding carboxylic acids is 2. The molecule has 0 saturated heterocycles. The molecule has 21 heavy (non-hydrogen) atoms. The Morgan fingerprint density at radius 3 is 2.62 bits per heavy atom. The SMILES string of the molecule is CC(C)C(=O)Nc1ccc2c(c1)C1(CCCCC1)C(=O)N2. The van der Waals surface area contributed by atoms with E-state index in [4.69, 9.17) is 0 Å².